The van der Waals surface area contributed by atoms with Gasteiger partial charge in [0.1, 0.15) is 17.8 Å². The average Bonchev–Trinajstić information content (AvgIpc) is 3.73. The minimum Gasteiger partial charge on any atom is -0.512 e. The Morgan fingerprint density at radius 3 is 2.17 bits per heavy atom. The summed E-state index contributed by atoms with van der Waals surface area (Å²) >= 11 is 3.41. The Morgan fingerprint density at radius 2 is 1.55 bits per heavy atom. The number of phenols is 1. The van der Waals surface area contributed by atoms with E-state index in [1.807, 2.05) is 59.1 Å². The van der Waals surface area contributed by atoms with Crippen LogP contribution in [0.1, 0.15) is 93.6 Å². The molecule has 5 rings (SSSR count). The van der Waals surface area contributed by atoms with E-state index in [-0.39, 0.29) is 53.6 Å². The summed E-state index contributed by atoms with van der Waals surface area (Å²) in [6, 6.07) is 13.6. The zero-order chi connectivity index (χ0) is 33.9. The number of ketones is 1. The third-order valence-corrected chi connectivity index (χ3v) is 11.6. The fraction of sp³-hybridized carbons (Fsp3) is 0.410. The van der Waals surface area contributed by atoms with Crippen molar-refractivity contribution in [3.63, 3.8) is 0 Å². The predicted octanol–water partition coefficient (Wildman–Crippen LogP) is 11.7. The van der Waals surface area contributed by atoms with Crippen molar-refractivity contribution < 1.29 is 35.1 Å². The second-order valence-corrected chi connectivity index (χ2v) is 15.4. The average molecular weight is 848 g/mol. The molecule has 2 aromatic carbocycles. The van der Waals surface area contributed by atoms with E-state index >= 15 is 0 Å². The summed E-state index contributed by atoms with van der Waals surface area (Å²) < 4.78 is 2.39. The van der Waals surface area contributed by atoms with Crippen molar-refractivity contribution in [3.8, 4) is 28.1 Å². The number of aliphatic hydroxyl groups is 1. The van der Waals surface area contributed by atoms with Crippen LogP contribution < -0.4 is 0 Å². The molecule has 5 nitrogen and oxygen atoms in total. The van der Waals surface area contributed by atoms with Gasteiger partial charge in [0, 0.05) is 64.6 Å². The maximum Gasteiger partial charge on any atom is 0.164 e. The van der Waals surface area contributed by atoms with Crippen LogP contribution in [0.5, 0.6) is 5.75 Å². The van der Waals surface area contributed by atoms with E-state index in [1.165, 1.54) is 16.3 Å². The zero-order valence-electron chi connectivity index (χ0n) is 28.9. The molecule has 0 saturated carbocycles. The van der Waals surface area contributed by atoms with Gasteiger partial charge in [-0.05, 0) is 70.3 Å². The monoisotopic (exact) mass is 848 g/mol. The van der Waals surface area contributed by atoms with Gasteiger partial charge in [0.15, 0.2) is 5.78 Å². The van der Waals surface area contributed by atoms with E-state index < -0.39 is 0 Å². The van der Waals surface area contributed by atoms with E-state index in [0.717, 1.165) is 63.5 Å². The molecule has 47 heavy (non-hydrogen) atoms. The maximum atomic E-state index is 12.2. The van der Waals surface area contributed by atoms with Crippen molar-refractivity contribution in [3.05, 3.63) is 77.1 Å². The molecule has 0 saturated heterocycles. The molecular weight excluding hydrogens is 801 g/mol. The number of hydrogen-bond donors (Lipinski definition) is 2. The maximum absolute atomic E-state index is 12.2. The van der Waals surface area contributed by atoms with Gasteiger partial charge in [-0.15, -0.1) is 34.9 Å². The fourth-order valence-corrected chi connectivity index (χ4v) is 7.29. The number of carbonyl (C=O) groups is 1. The molecule has 2 N–H and O–H groups in total. The molecule has 8 heteroatoms. The summed E-state index contributed by atoms with van der Waals surface area (Å²) in [6.45, 7) is 18.8. The van der Waals surface area contributed by atoms with Crippen LogP contribution in [0.25, 0.3) is 42.6 Å². The molecule has 0 atom stereocenters. The predicted molar refractivity (Wildman–Crippen MR) is 196 cm³/mol. The molecule has 0 unspecified atom stereocenters. The Balaban J connectivity index is 0.000000290. The Bertz CT molecular complexity index is 1860. The van der Waals surface area contributed by atoms with Gasteiger partial charge in [-0.3, -0.25) is 9.78 Å². The first-order valence-electron chi connectivity index (χ1n) is 16.1. The van der Waals surface area contributed by atoms with Gasteiger partial charge in [-0.1, -0.05) is 73.4 Å². The largest absolute Gasteiger partial charge is 0.512 e. The Labute approximate surface area is 301 Å². The van der Waals surface area contributed by atoms with Gasteiger partial charge in [-0.2, -0.15) is 11.3 Å². The van der Waals surface area contributed by atoms with Gasteiger partial charge in [0.2, 0.25) is 0 Å². The number of aromatic hydroxyl groups is 1. The zero-order valence-corrected chi connectivity index (χ0v) is 33.0. The minimum absolute atomic E-state index is 0. The number of benzene rings is 2. The SMILES string of the molecule is CC(C)(C)c1cc(-c2ncncc2-c2c(O)ccc3sccc23)[c-]c2ccsc12.CCC(C)(CC)C(=O)/C=C(\O)C(C)(CC)CC.[Ir]. The Morgan fingerprint density at radius 1 is 0.915 bits per heavy atom. The van der Waals surface area contributed by atoms with Crippen LogP contribution in [0.3, 0.4) is 0 Å². The summed E-state index contributed by atoms with van der Waals surface area (Å²) in [7, 11) is 0. The summed E-state index contributed by atoms with van der Waals surface area (Å²) in [6.07, 6.45) is 8.10. The number of hydrogen-bond acceptors (Lipinski definition) is 7. The third-order valence-electron chi connectivity index (χ3n) is 9.73. The molecule has 3 aromatic heterocycles. The number of rotatable bonds is 9. The number of aromatic nitrogens is 2. The number of carbonyl (C=O) groups excluding carboxylic acids is 1. The van der Waals surface area contributed by atoms with Gasteiger partial charge in [-0.25, -0.2) is 4.98 Å². The standard InChI is InChI=1S/C24H19N2OS2.C15H28O2.Ir/c1-24(2,3)18-11-15(10-14-6-8-29-23(14)18)22-17(12-25-13-26-22)21-16-7-9-28-20(16)5-4-19(21)27;1-7-14(5,8-2)12(16)11-13(17)15(6,9-3)10-4;/h4-9,11-13,27H,1-3H3;11,16H,7-10H2,1-6H3;/q-1;;/b;12-11-;. The van der Waals surface area contributed by atoms with Crippen molar-refractivity contribution in [2.75, 3.05) is 0 Å². The van der Waals surface area contributed by atoms with Crippen molar-refractivity contribution >= 4 is 48.6 Å². The van der Waals surface area contributed by atoms with Crippen molar-refractivity contribution in [2.24, 2.45) is 10.8 Å². The van der Waals surface area contributed by atoms with Gasteiger partial charge < -0.3 is 10.2 Å². The summed E-state index contributed by atoms with van der Waals surface area (Å²) in [5, 5.41) is 27.1. The Hall–Kier alpha value is -2.90. The van der Waals surface area contributed by atoms with Gasteiger partial charge in [0.05, 0.1) is 0 Å². The van der Waals surface area contributed by atoms with Crippen LogP contribution in [-0.4, -0.2) is 26.0 Å². The molecule has 0 aliphatic carbocycles. The van der Waals surface area contributed by atoms with Crippen LogP contribution in [-0.2, 0) is 30.3 Å². The van der Waals surface area contributed by atoms with E-state index in [0.29, 0.717) is 0 Å². The smallest absolute Gasteiger partial charge is 0.164 e. The number of aliphatic hydroxyl groups excluding tert-OH is 1. The first-order chi connectivity index (χ1) is 21.7. The first-order valence-corrected chi connectivity index (χ1v) is 17.9. The van der Waals surface area contributed by atoms with Gasteiger partial charge in [0.25, 0.3) is 0 Å². The van der Waals surface area contributed by atoms with Crippen molar-refractivity contribution in [1.82, 2.24) is 9.97 Å². The minimum atomic E-state index is -0.337. The summed E-state index contributed by atoms with van der Waals surface area (Å²) in [5.74, 6) is 0.522. The Kier molecular flexibility index (Phi) is 12.7. The number of fused-ring (bicyclic) bond motifs is 2. The van der Waals surface area contributed by atoms with Crippen LogP contribution in [0.2, 0.25) is 0 Å². The molecule has 3 heterocycles. The summed E-state index contributed by atoms with van der Waals surface area (Å²) in [4.78, 5) is 21.1. The molecule has 253 valence electrons. The van der Waals surface area contributed by atoms with Gasteiger partial charge >= 0.3 is 0 Å². The van der Waals surface area contributed by atoms with Crippen molar-refractivity contribution in [1.29, 1.82) is 0 Å². The fourth-order valence-electron chi connectivity index (χ4n) is 5.42. The number of nitrogens with zero attached hydrogens (tertiary/aromatic N) is 2. The van der Waals surface area contributed by atoms with Crippen LogP contribution in [0.15, 0.2) is 65.5 Å². The van der Waals surface area contributed by atoms with E-state index in [2.05, 4.69) is 54.3 Å². The summed E-state index contributed by atoms with van der Waals surface area (Å²) in [5.41, 5.74) is 3.97. The van der Waals surface area contributed by atoms with Crippen molar-refractivity contribution in [2.45, 2.75) is 93.4 Å². The molecule has 0 fully saturated rings. The normalized spacial score (nSPS) is 12.5. The third kappa shape index (κ3) is 8.05. The molecule has 5 aromatic rings. The molecule has 0 bridgehead atoms. The second-order valence-electron chi connectivity index (χ2n) is 13.5. The number of allylic oxidation sites excluding steroid dienone is 2. The van der Waals surface area contributed by atoms with Crippen LogP contribution >= 0.6 is 22.7 Å². The topological polar surface area (TPSA) is 83.3 Å². The molecular formula is C39H47IrN2O3S2-. The number of thiophene rings is 2. The molecule has 0 aliphatic heterocycles. The molecule has 0 aliphatic rings. The van der Waals surface area contributed by atoms with E-state index in [4.69, 9.17) is 0 Å². The van der Waals surface area contributed by atoms with Crippen LogP contribution in [0, 0.1) is 16.9 Å². The molecule has 0 amide bonds. The molecule has 0 spiro atoms. The quantitative estimate of drug-likeness (QED) is 0.0877. The first kappa shape index (κ1) is 38.5. The number of phenolic OH excluding ortho intramolecular Hbond substituents is 1. The second kappa shape index (κ2) is 15.5. The van der Waals surface area contributed by atoms with Crippen LogP contribution in [0.4, 0.5) is 0 Å². The molecule has 1 radical (unpaired) electrons. The van der Waals surface area contributed by atoms with E-state index in [1.54, 1.807) is 41.3 Å². The van der Waals surface area contributed by atoms with E-state index in [9.17, 15) is 15.0 Å².